The first-order chi connectivity index (χ1) is 17.1. The van der Waals surface area contributed by atoms with Gasteiger partial charge >= 0.3 is 0 Å². The molecule has 2 aromatic heterocycles. The summed E-state index contributed by atoms with van der Waals surface area (Å²) in [4.78, 5) is 6.85. The largest absolute Gasteiger partial charge is 0.496 e. The van der Waals surface area contributed by atoms with Gasteiger partial charge in [-0.05, 0) is 67.3 Å². The Morgan fingerprint density at radius 2 is 1.74 bits per heavy atom. The van der Waals surface area contributed by atoms with E-state index in [1.54, 1.807) is 20.4 Å². The molecule has 1 aliphatic heterocycles. The number of rotatable bonds is 7. The molecule has 2 aromatic carbocycles. The van der Waals surface area contributed by atoms with Crippen LogP contribution in [-0.4, -0.2) is 64.6 Å². The van der Waals surface area contributed by atoms with Crippen molar-refractivity contribution in [3.8, 4) is 22.8 Å². The van der Waals surface area contributed by atoms with Gasteiger partial charge in [-0.15, -0.1) is 5.10 Å². The number of nitrogens with zero attached hydrogens (tertiary/aromatic N) is 4. The molecule has 0 saturated carbocycles. The highest BCUT2D eigenvalue weighted by Crippen LogP contribution is 2.33. The second-order valence-electron chi connectivity index (χ2n) is 8.93. The number of aliphatic hydroxyl groups is 1. The van der Waals surface area contributed by atoms with E-state index in [-0.39, 0.29) is 6.10 Å². The highest BCUT2D eigenvalue weighted by Gasteiger charge is 2.19. The molecule has 8 heteroatoms. The van der Waals surface area contributed by atoms with E-state index in [0.717, 1.165) is 59.9 Å². The number of nitrogens with one attached hydrogen (secondary N) is 1. The maximum Gasteiger partial charge on any atom is 0.245 e. The van der Waals surface area contributed by atoms with Crippen LogP contribution in [-0.2, 0) is 12.8 Å². The first kappa shape index (κ1) is 23.1. The lowest BCUT2D eigenvalue weighted by Gasteiger charge is -2.20. The number of β-amino-alcohol motifs (C(OH)–C–C–N with tert-alkyl or cyclic N) is 1. The van der Waals surface area contributed by atoms with Crippen molar-refractivity contribution in [1.29, 1.82) is 0 Å². The zero-order chi connectivity index (χ0) is 24.4. The molecule has 5 rings (SSSR count). The van der Waals surface area contributed by atoms with Crippen molar-refractivity contribution in [3.63, 3.8) is 0 Å². The third-order valence-corrected chi connectivity index (χ3v) is 6.47. The van der Waals surface area contributed by atoms with Crippen LogP contribution in [0.25, 0.3) is 16.8 Å². The summed E-state index contributed by atoms with van der Waals surface area (Å²) in [5.74, 6) is 2.03. The van der Waals surface area contributed by atoms with Crippen molar-refractivity contribution in [2.75, 3.05) is 39.2 Å². The Labute approximate surface area is 205 Å². The second kappa shape index (κ2) is 9.93. The van der Waals surface area contributed by atoms with Gasteiger partial charge in [0.1, 0.15) is 11.5 Å². The molecule has 1 aliphatic rings. The lowest BCUT2D eigenvalue weighted by atomic mass is 10.0. The summed E-state index contributed by atoms with van der Waals surface area (Å²) in [7, 11) is 3.35. The summed E-state index contributed by atoms with van der Waals surface area (Å²) in [6.45, 7) is 4.37. The number of hydrogen-bond donors (Lipinski definition) is 2. The summed E-state index contributed by atoms with van der Waals surface area (Å²) < 4.78 is 13.1. The number of para-hydroxylation sites is 1. The number of aliphatic hydroxyl groups excluding tert-OH is 1. The minimum absolute atomic E-state index is 0.329. The van der Waals surface area contributed by atoms with Crippen molar-refractivity contribution >= 4 is 17.2 Å². The monoisotopic (exact) mass is 473 g/mol. The van der Waals surface area contributed by atoms with Crippen LogP contribution in [0, 0.1) is 0 Å². The minimum atomic E-state index is -0.329. The summed E-state index contributed by atoms with van der Waals surface area (Å²) in [6, 6.07) is 16.2. The molecule has 1 atom stereocenters. The van der Waals surface area contributed by atoms with E-state index in [0.29, 0.717) is 12.5 Å². The number of anilines is 2. The van der Waals surface area contributed by atoms with Crippen LogP contribution in [0.15, 0.2) is 54.7 Å². The molecule has 4 aromatic rings. The van der Waals surface area contributed by atoms with Gasteiger partial charge in [0.2, 0.25) is 5.95 Å². The molecule has 0 amide bonds. The molecule has 0 fully saturated rings. The van der Waals surface area contributed by atoms with Crippen LogP contribution in [0.5, 0.6) is 11.5 Å². The van der Waals surface area contributed by atoms with Crippen LogP contribution in [0.4, 0.5) is 11.6 Å². The lowest BCUT2D eigenvalue weighted by Crippen LogP contribution is -2.33. The van der Waals surface area contributed by atoms with E-state index in [9.17, 15) is 5.11 Å². The van der Waals surface area contributed by atoms with Crippen molar-refractivity contribution in [2.45, 2.75) is 25.9 Å². The fraction of sp³-hybridized carbons (Fsp3) is 0.333. The van der Waals surface area contributed by atoms with Gasteiger partial charge in [-0.3, -0.25) is 0 Å². The van der Waals surface area contributed by atoms with Gasteiger partial charge in [-0.25, -0.2) is 9.50 Å². The molecule has 0 bridgehead atoms. The van der Waals surface area contributed by atoms with Crippen molar-refractivity contribution in [1.82, 2.24) is 19.5 Å². The van der Waals surface area contributed by atoms with E-state index in [1.165, 1.54) is 11.1 Å². The average molecular weight is 474 g/mol. The van der Waals surface area contributed by atoms with Crippen LogP contribution in [0.3, 0.4) is 0 Å². The second-order valence-corrected chi connectivity index (χ2v) is 8.93. The van der Waals surface area contributed by atoms with E-state index < -0.39 is 0 Å². The molecule has 8 nitrogen and oxygen atoms in total. The topological polar surface area (TPSA) is 84.1 Å². The fourth-order valence-electron chi connectivity index (χ4n) is 4.76. The SMILES string of the molecule is COc1cc2c(cc1Nc1ncc3ccc(-c4ccccc4OC)n3n1)CCN(CC(C)O)CC2. The highest BCUT2D eigenvalue weighted by atomic mass is 16.5. The van der Waals surface area contributed by atoms with Crippen LogP contribution >= 0.6 is 0 Å². The third-order valence-electron chi connectivity index (χ3n) is 6.47. The summed E-state index contributed by atoms with van der Waals surface area (Å²) >= 11 is 0. The van der Waals surface area contributed by atoms with Crippen LogP contribution in [0.1, 0.15) is 18.1 Å². The maximum atomic E-state index is 9.79. The smallest absolute Gasteiger partial charge is 0.245 e. The van der Waals surface area contributed by atoms with Crippen molar-refractivity contribution < 1.29 is 14.6 Å². The number of fused-ring (bicyclic) bond motifs is 2. The molecule has 2 N–H and O–H groups in total. The molecule has 0 spiro atoms. The first-order valence-corrected chi connectivity index (χ1v) is 11.9. The number of methoxy groups -OCH3 is 2. The third kappa shape index (κ3) is 4.80. The number of ether oxygens (including phenoxy) is 2. The Balaban J connectivity index is 1.46. The van der Waals surface area contributed by atoms with Gasteiger partial charge in [0.15, 0.2) is 0 Å². The molecule has 3 heterocycles. The van der Waals surface area contributed by atoms with Crippen molar-refractivity contribution in [2.24, 2.45) is 0 Å². The molecule has 1 unspecified atom stereocenters. The van der Waals surface area contributed by atoms with E-state index in [2.05, 4.69) is 27.3 Å². The van der Waals surface area contributed by atoms with E-state index >= 15 is 0 Å². The van der Waals surface area contributed by atoms with Crippen molar-refractivity contribution in [3.05, 3.63) is 65.9 Å². The predicted molar refractivity (Wildman–Crippen MR) is 137 cm³/mol. The molecule has 0 aliphatic carbocycles. The Kier molecular flexibility index (Phi) is 6.57. The van der Waals surface area contributed by atoms with Gasteiger partial charge in [0.25, 0.3) is 0 Å². The van der Waals surface area contributed by atoms with Crippen LogP contribution < -0.4 is 14.8 Å². The minimum Gasteiger partial charge on any atom is -0.496 e. The van der Waals surface area contributed by atoms with Gasteiger partial charge < -0.3 is 24.8 Å². The van der Waals surface area contributed by atoms with Gasteiger partial charge in [0, 0.05) is 25.2 Å². The Hall–Kier alpha value is -3.62. The zero-order valence-corrected chi connectivity index (χ0v) is 20.4. The number of hydrogen-bond acceptors (Lipinski definition) is 7. The maximum absolute atomic E-state index is 9.79. The van der Waals surface area contributed by atoms with Gasteiger partial charge in [-0.1, -0.05) is 12.1 Å². The standard InChI is InChI=1S/C27H31N5O3/c1-18(33)17-31-12-10-19-14-23(26(35-3)15-20(19)11-13-31)29-27-28-16-21-8-9-24(32(21)30-27)22-6-4-5-7-25(22)34-2/h4-9,14-16,18,33H,10-13,17H2,1-3H3,(H,29,30). The van der Waals surface area contributed by atoms with Crippen LogP contribution in [0.2, 0.25) is 0 Å². The quantitative estimate of drug-likeness (QED) is 0.421. The summed E-state index contributed by atoms with van der Waals surface area (Å²) in [6.07, 6.45) is 3.31. The Bertz CT molecular complexity index is 1330. The zero-order valence-electron chi connectivity index (χ0n) is 20.4. The fourth-order valence-corrected chi connectivity index (χ4v) is 4.76. The molecule has 35 heavy (non-hydrogen) atoms. The average Bonchev–Trinajstić information content (AvgIpc) is 3.19. The molecule has 0 saturated heterocycles. The summed E-state index contributed by atoms with van der Waals surface area (Å²) in [5.41, 5.74) is 6.17. The van der Waals surface area contributed by atoms with Gasteiger partial charge in [0.05, 0.1) is 43.4 Å². The molecule has 182 valence electrons. The summed E-state index contributed by atoms with van der Waals surface area (Å²) in [5, 5.41) is 17.9. The highest BCUT2D eigenvalue weighted by molar-refractivity contribution is 5.72. The van der Waals surface area contributed by atoms with Gasteiger partial charge in [-0.2, -0.15) is 0 Å². The molecule has 0 radical (unpaired) electrons. The normalized spacial score (nSPS) is 14.9. The molecular weight excluding hydrogens is 442 g/mol. The lowest BCUT2D eigenvalue weighted by molar-refractivity contribution is 0.129. The predicted octanol–water partition coefficient (Wildman–Crippen LogP) is 3.94. The number of benzene rings is 2. The Morgan fingerprint density at radius 3 is 2.49 bits per heavy atom. The van der Waals surface area contributed by atoms with E-state index in [1.807, 2.05) is 47.8 Å². The first-order valence-electron chi connectivity index (χ1n) is 11.9. The molecular formula is C27H31N5O3. The van der Waals surface area contributed by atoms with E-state index in [4.69, 9.17) is 14.6 Å². The Morgan fingerprint density at radius 1 is 1.00 bits per heavy atom. The number of aromatic nitrogens is 3.